The number of nitrogens with zero attached hydrogens (tertiary/aromatic N) is 3. The van der Waals surface area contributed by atoms with Crippen LogP contribution in [0.25, 0.3) is 0 Å². The van der Waals surface area contributed by atoms with Crippen molar-refractivity contribution in [2.24, 2.45) is 0 Å². The second-order valence-electron chi connectivity index (χ2n) is 6.28. The Bertz CT molecular complexity index is 745. The van der Waals surface area contributed by atoms with Gasteiger partial charge in [-0.05, 0) is 38.8 Å². The van der Waals surface area contributed by atoms with Crippen molar-refractivity contribution < 1.29 is 8.42 Å². The quantitative estimate of drug-likeness (QED) is 0.864. The molecule has 1 aromatic heterocycles. The zero-order chi connectivity index (χ0) is 16.4. The third-order valence-corrected chi connectivity index (χ3v) is 6.37. The van der Waals surface area contributed by atoms with E-state index < -0.39 is 10.0 Å². The summed E-state index contributed by atoms with van der Waals surface area (Å²) in [5.74, 6) is 1.41. The maximum atomic E-state index is 12.7. The van der Waals surface area contributed by atoms with E-state index in [1.807, 2.05) is 18.5 Å². The predicted molar refractivity (Wildman–Crippen MR) is 89.8 cm³/mol. The predicted octanol–water partition coefficient (Wildman–Crippen LogP) is 3.03. The fourth-order valence-electron chi connectivity index (χ4n) is 3.17. The lowest BCUT2D eigenvalue weighted by Crippen LogP contribution is -2.38. The number of sulfonamides is 1. The highest BCUT2D eigenvalue weighted by Crippen LogP contribution is 2.30. The molecule has 2 heterocycles. The van der Waals surface area contributed by atoms with Crippen LogP contribution in [0.3, 0.4) is 0 Å². The molecule has 2 aromatic rings. The largest absolute Gasteiger partial charge is 0.332 e. The Hall–Kier alpha value is -1.66. The molecule has 0 unspecified atom stereocenters. The number of piperidine rings is 1. The van der Waals surface area contributed by atoms with Crippen LogP contribution in [0.5, 0.6) is 0 Å². The van der Waals surface area contributed by atoms with Gasteiger partial charge >= 0.3 is 0 Å². The van der Waals surface area contributed by atoms with Crippen LogP contribution in [0.15, 0.2) is 47.6 Å². The van der Waals surface area contributed by atoms with Crippen LogP contribution in [-0.4, -0.2) is 35.4 Å². The molecule has 0 aliphatic carbocycles. The highest BCUT2D eigenvalue weighted by atomic mass is 32.2. The highest BCUT2D eigenvalue weighted by molar-refractivity contribution is 7.89. The van der Waals surface area contributed by atoms with Gasteiger partial charge < -0.3 is 4.57 Å². The SMILES string of the molecule is CC(C)n1ccnc1C1CCN(S(=O)(=O)c2ccccc2)CC1. The molecule has 0 atom stereocenters. The van der Waals surface area contributed by atoms with E-state index >= 15 is 0 Å². The molecule has 0 bridgehead atoms. The first kappa shape index (κ1) is 16.2. The maximum Gasteiger partial charge on any atom is 0.243 e. The summed E-state index contributed by atoms with van der Waals surface area (Å²) in [6.45, 7) is 5.38. The van der Waals surface area contributed by atoms with Crippen LogP contribution in [-0.2, 0) is 10.0 Å². The minimum Gasteiger partial charge on any atom is -0.332 e. The van der Waals surface area contributed by atoms with Crippen molar-refractivity contribution in [2.75, 3.05) is 13.1 Å². The molecule has 0 N–H and O–H groups in total. The molecule has 0 spiro atoms. The second kappa shape index (κ2) is 6.45. The van der Waals surface area contributed by atoms with Gasteiger partial charge in [0.25, 0.3) is 0 Å². The summed E-state index contributed by atoms with van der Waals surface area (Å²) >= 11 is 0. The van der Waals surface area contributed by atoms with Gasteiger partial charge in [0.1, 0.15) is 5.82 Å². The first-order valence-corrected chi connectivity index (χ1v) is 9.52. The standard InChI is InChI=1S/C17H23N3O2S/c1-14(2)20-13-10-18-17(20)15-8-11-19(12-9-15)23(21,22)16-6-4-3-5-7-16/h3-7,10,13-15H,8-9,11-12H2,1-2H3. The van der Waals surface area contributed by atoms with Crippen LogP contribution in [0.1, 0.15) is 44.5 Å². The van der Waals surface area contributed by atoms with Gasteiger partial charge in [-0.2, -0.15) is 4.31 Å². The summed E-state index contributed by atoms with van der Waals surface area (Å²) in [6.07, 6.45) is 5.47. The van der Waals surface area contributed by atoms with Crippen molar-refractivity contribution in [2.45, 2.75) is 43.5 Å². The van der Waals surface area contributed by atoms with Gasteiger partial charge in [-0.3, -0.25) is 0 Å². The Morgan fingerprint density at radius 2 is 1.78 bits per heavy atom. The zero-order valence-electron chi connectivity index (χ0n) is 13.6. The highest BCUT2D eigenvalue weighted by Gasteiger charge is 2.31. The second-order valence-corrected chi connectivity index (χ2v) is 8.22. The van der Waals surface area contributed by atoms with Crippen molar-refractivity contribution in [3.8, 4) is 0 Å². The van der Waals surface area contributed by atoms with Gasteiger partial charge in [-0.1, -0.05) is 18.2 Å². The molecule has 0 amide bonds. The molecule has 1 aromatic carbocycles. The lowest BCUT2D eigenvalue weighted by molar-refractivity contribution is 0.307. The molecule has 124 valence electrons. The maximum absolute atomic E-state index is 12.7. The summed E-state index contributed by atoms with van der Waals surface area (Å²) in [5, 5.41) is 0. The van der Waals surface area contributed by atoms with E-state index in [1.165, 1.54) is 0 Å². The van der Waals surface area contributed by atoms with E-state index in [0.29, 0.717) is 29.9 Å². The van der Waals surface area contributed by atoms with Gasteiger partial charge in [-0.15, -0.1) is 0 Å². The van der Waals surface area contributed by atoms with Crippen LogP contribution in [0, 0.1) is 0 Å². The minimum absolute atomic E-state index is 0.328. The van der Waals surface area contributed by atoms with Gasteiger partial charge in [0, 0.05) is 37.4 Å². The van der Waals surface area contributed by atoms with Crippen molar-refractivity contribution in [3.05, 3.63) is 48.5 Å². The van der Waals surface area contributed by atoms with E-state index in [4.69, 9.17) is 0 Å². The van der Waals surface area contributed by atoms with Gasteiger partial charge in [-0.25, -0.2) is 13.4 Å². The Labute approximate surface area is 138 Å². The van der Waals surface area contributed by atoms with Gasteiger partial charge in [0.2, 0.25) is 10.0 Å². The summed E-state index contributed by atoms with van der Waals surface area (Å²) in [6, 6.07) is 9.05. The third kappa shape index (κ3) is 3.19. The molecule has 3 rings (SSSR count). The average Bonchev–Trinajstić information content (AvgIpc) is 3.06. The zero-order valence-corrected chi connectivity index (χ0v) is 14.4. The minimum atomic E-state index is -3.37. The van der Waals surface area contributed by atoms with E-state index in [1.54, 1.807) is 28.6 Å². The van der Waals surface area contributed by atoms with E-state index in [-0.39, 0.29) is 0 Å². The average molecular weight is 333 g/mol. The molecular formula is C17H23N3O2S. The first-order valence-electron chi connectivity index (χ1n) is 8.08. The normalized spacial score (nSPS) is 17.7. The van der Waals surface area contributed by atoms with Crippen LogP contribution < -0.4 is 0 Å². The number of aromatic nitrogens is 2. The number of imidazole rings is 1. The molecule has 1 aliphatic heterocycles. The van der Waals surface area contributed by atoms with Crippen molar-refractivity contribution >= 4 is 10.0 Å². The Morgan fingerprint density at radius 3 is 2.39 bits per heavy atom. The molecule has 5 nitrogen and oxygen atoms in total. The summed E-state index contributed by atoms with van der Waals surface area (Å²) in [4.78, 5) is 4.88. The first-order chi connectivity index (χ1) is 11.0. The Balaban J connectivity index is 1.73. The van der Waals surface area contributed by atoms with E-state index in [9.17, 15) is 8.42 Å². The summed E-state index contributed by atoms with van der Waals surface area (Å²) in [5.41, 5.74) is 0. The van der Waals surface area contributed by atoms with Gasteiger partial charge in [0.05, 0.1) is 4.90 Å². The monoisotopic (exact) mass is 333 g/mol. The lowest BCUT2D eigenvalue weighted by atomic mass is 9.97. The molecule has 0 radical (unpaired) electrons. The number of benzene rings is 1. The summed E-state index contributed by atoms with van der Waals surface area (Å²) < 4.78 is 29.1. The summed E-state index contributed by atoms with van der Waals surface area (Å²) in [7, 11) is -3.37. The van der Waals surface area contributed by atoms with Crippen molar-refractivity contribution in [1.82, 2.24) is 13.9 Å². The molecule has 23 heavy (non-hydrogen) atoms. The van der Waals surface area contributed by atoms with E-state index in [2.05, 4.69) is 23.4 Å². The molecule has 1 fully saturated rings. The fourth-order valence-corrected chi connectivity index (χ4v) is 4.66. The molecule has 1 aliphatic rings. The fraction of sp³-hybridized carbons (Fsp3) is 0.471. The molecule has 6 heteroatoms. The lowest BCUT2D eigenvalue weighted by Gasteiger charge is -2.31. The van der Waals surface area contributed by atoms with Crippen LogP contribution >= 0.6 is 0 Å². The Morgan fingerprint density at radius 1 is 1.13 bits per heavy atom. The number of hydrogen-bond donors (Lipinski definition) is 0. The Kier molecular flexibility index (Phi) is 4.55. The van der Waals surface area contributed by atoms with Gasteiger partial charge in [0.15, 0.2) is 0 Å². The number of rotatable bonds is 4. The molecule has 1 saturated heterocycles. The van der Waals surface area contributed by atoms with E-state index in [0.717, 1.165) is 18.7 Å². The molecule has 0 saturated carbocycles. The van der Waals surface area contributed by atoms with Crippen LogP contribution in [0.2, 0.25) is 0 Å². The third-order valence-electron chi connectivity index (χ3n) is 4.46. The van der Waals surface area contributed by atoms with Crippen LogP contribution in [0.4, 0.5) is 0 Å². The topological polar surface area (TPSA) is 55.2 Å². The molecular weight excluding hydrogens is 310 g/mol. The van der Waals surface area contributed by atoms with Crippen molar-refractivity contribution in [3.63, 3.8) is 0 Å². The van der Waals surface area contributed by atoms with Crippen molar-refractivity contribution in [1.29, 1.82) is 0 Å². The smallest absolute Gasteiger partial charge is 0.243 e. The number of hydrogen-bond acceptors (Lipinski definition) is 3.